The number of hydrogen-bond donors (Lipinski definition) is 0. The van der Waals surface area contributed by atoms with E-state index < -0.39 is 22.2 Å². The molecule has 2 atom stereocenters. The fraction of sp³-hybridized carbons (Fsp3) is 0.364. The van der Waals surface area contributed by atoms with Crippen molar-refractivity contribution in [2.24, 2.45) is 0 Å². The fourth-order valence-corrected chi connectivity index (χ4v) is 1.84. The molecule has 1 aliphatic heterocycles. The molecule has 0 radical (unpaired) electrons. The number of cyclic esters (lactones) is 1. The number of alkyl halides is 3. The summed E-state index contributed by atoms with van der Waals surface area (Å²) >= 11 is 17.0. The van der Waals surface area contributed by atoms with Gasteiger partial charge in [-0.2, -0.15) is 0 Å². The number of ether oxygens (including phenoxy) is 2. The lowest BCUT2D eigenvalue weighted by Gasteiger charge is -2.33. The molecule has 1 aliphatic rings. The van der Waals surface area contributed by atoms with Gasteiger partial charge in [-0.25, -0.2) is 0 Å². The maximum absolute atomic E-state index is 11.4. The lowest BCUT2D eigenvalue weighted by atomic mass is 10.1. The first kappa shape index (κ1) is 13.0. The predicted octanol–water partition coefficient (Wildman–Crippen LogP) is 3.39. The van der Waals surface area contributed by atoms with Crippen LogP contribution in [0.2, 0.25) is 0 Å². The summed E-state index contributed by atoms with van der Waals surface area (Å²) in [4.78, 5) is 11.4. The molecule has 0 aromatic heterocycles. The van der Waals surface area contributed by atoms with Crippen molar-refractivity contribution in [3.8, 4) is 0 Å². The first-order valence-electron chi connectivity index (χ1n) is 4.93. The van der Waals surface area contributed by atoms with E-state index in [0.717, 1.165) is 5.56 Å². The van der Waals surface area contributed by atoms with Gasteiger partial charge in [0.1, 0.15) is 0 Å². The zero-order chi connectivity index (χ0) is 12.5. The van der Waals surface area contributed by atoms with Crippen molar-refractivity contribution in [3.63, 3.8) is 0 Å². The molecule has 0 N–H and O–H groups in total. The standard InChI is InChI=1S/C11H9Cl3O3/c12-11(13,14)10-16-8(6-9(15)17-10)7-4-2-1-3-5-7/h1-5,8,10H,6H2/t8-,10+/m0/s1. The number of hydrogen-bond acceptors (Lipinski definition) is 3. The van der Waals surface area contributed by atoms with Crippen molar-refractivity contribution in [2.75, 3.05) is 0 Å². The van der Waals surface area contributed by atoms with Crippen LogP contribution in [0.4, 0.5) is 0 Å². The molecule has 0 aliphatic carbocycles. The van der Waals surface area contributed by atoms with Crippen molar-refractivity contribution in [2.45, 2.75) is 22.6 Å². The Bertz CT molecular complexity index is 402. The normalized spacial score (nSPS) is 25.5. The summed E-state index contributed by atoms with van der Waals surface area (Å²) in [6, 6.07) is 9.26. The van der Waals surface area contributed by atoms with Crippen LogP contribution in [-0.2, 0) is 14.3 Å². The molecule has 2 rings (SSSR count). The largest absolute Gasteiger partial charge is 0.431 e. The molecule has 0 saturated carbocycles. The maximum atomic E-state index is 11.4. The van der Waals surface area contributed by atoms with Gasteiger partial charge in [-0.15, -0.1) is 0 Å². The molecule has 1 aromatic carbocycles. The second kappa shape index (κ2) is 5.02. The number of benzene rings is 1. The average molecular weight is 296 g/mol. The van der Waals surface area contributed by atoms with Gasteiger partial charge in [0.15, 0.2) is 0 Å². The number of esters is 1. The molecule has 0 unspecified atom stereocenters. The van der Waals surface area contributed by atoms with Gasteiger partial charge in [0, 0.05) is 0 Å². The average Bonchev–Trinajstić information content (AvgIpc) is 2.28. The first-order valence-corrected chi connectivity index (χ1v) is 6.07. The Hall–Kier alpha value is -0.480. The lowest BCUT2D eigenvalue weighted by molar-refractivity contribution is -0.215. The number of carbonyl (C=O) groups is 1. The SMILES string of the molecule is O=C1C[C@@H](c2ccccc2)O[C@@H](C(Cl)(Cl)Cl)O1. The highest BCUT2D eigenvalue weighted by atomic mass is 35.6. The quantitative estimate of drug-likeness (QED) is 0.588. The van der Waals surface area contributed by atoms with Gasteiger partial charge >= 0.3 is 5.97 Å². The Labute approximate surface area is 114 Å². The minimum Gasteiger partial charge on any atom is -0.431 e. The zero-order valence-corrected chi connectivity index (χ0v) is 10.9. The molecular formula is C11H9Cl3O3. The monoisotopic (exact) mass is 294 g/mol. The van der Waals surface area contributed by atoms with E-state index in [1.807, 2.05) is 30.3 Å². The molecule has 1 heterocycles. The summed E-state index contributed by atoms with van der Waals surface area (Å²) < 4.78 is 8.53. The van der Waals surface area contributed by atoms with Crippen LogP contribution in [0.3, 0.4) is 0 Å². The molecule has 92 valence electrons. The van der Waals surface area contributed by atoms with E-state index in [4.69, 9.17) is 44.3 Å². The molecule has 6 heteroatoms. The van der Waals surface area contributed by atoms with E-state index in [2.05, 4.69) is 0 Å². The summed E-state index contributed by atoms with van der Waals surface area (Å²) in [6.07, 6.45) is -1.52. The summed E-state index contributed by atoms with van der Waals surface area (Å²) in [5.74, 6) is -0.443. The molecular weight excluding hydrogens is 286 g/mol. The van der Waals surface area contributed by atoms with E-state index in [1.165, 1.54) is 0 Å². The summed E-state index contributed by atoms with van der Waals surface area (Å²) in [6.45, 7) is 0. The molecule has 17 heavy (non-hydrogen) atoms. The number of halogens is 3. The molecule has 0 bridgehead atoms. The van der Waals surface area contributed by atoms with Gasteiger partial charge in [-0.3, -0.25) is 4.79 Å². The second-order valence-corrected chi connectivity index (χ2v) is 5.97. The smallest absolute Gasteiger partial charge is 0.311 e. The molecule has 1 fully saturated rings. The van der Waals surface area contributed by atoms with Gasteiger partial charge in [0.2, 0.25) is 0 Å². The first-order chi connectivity index (χ1) is 7.97. The molecule has 0 amide bonds. The van der Waals surface area contributed by atoms with Crippen molar-refractivity contribution in [1.29, 1.82) is 0 Å². The van der Waals surface area contributed by atoms with Gasteiger partial charge < -0.3 is 9.47 Å². The summed E-state index contributed by atoms with van der Waals surface area (Å²) in [5, 5.41) is 0. The summed E-state index contributed by atoms with van der Waals surface area (Å²) in [5.41, 5.74) is 0.850. The van der Waals surface area contributed by atoms with Crippen LogP contribution in [0, 0.1) is 0 Å². The van der Waals surface area contributed by atoms with Crippen molar-refractivity contribution in [1.82, 2.24) is 0 Å². The number of rotatable bonds is 1. The third kappa shape index (κ3) is 3.26. The molecule has 1 aromatic rings. The van der Waals surface area contributed by atoms with E-state index in [-0.39, 0.29) is 6.42 Å². The maximum Gasteiger partial charge on any atom is 0.311 e. The lowest BCUT2D eigenvalue weighted by Crippen LogP contribution is -2.39. The van der Waals surface area contributed by atoms with Crippen LogP contribution < -0.4 is 0 Å². The second-order valence-electron chi connectivity index (χ2n) is 3.60. The minimum absolute atomic E-state index is 0.112. The predicted molar refractivity (Wildman–Crippen MR) is 65.1 cm³/mol. The Kier molecular flexibility index (Phi) is 3.83. The van der Waals surface area contributed by atoms with Crippen molar-refractivity contribution < 1.29 is 14.3 Å². The van der Waals surface area contributed by atoms with E-state index in [1.54, 1.807) is 0 Å². The third-order valence-electron chi connectivity index (χ3n) is 2.32. The Morgan fingerprint density at radius 1 is 1.18 bits per heavy atom. The fourth-order valence-electron chi connectivity index (χ4n) is 1.55. The highest BCUT2D eigenvalue weighted by molar-refractivity contribution is 6.68. The third-order valence-corrected chi connectivity index (χ3v) is 2.85. The Morgan fingerprint density at radius 3 is 2.41 bits per heavy atom. The van der Waals surface area contributed by atoms with Gasteiger partial charge in [-0.05, 0) is 5.56 Å². The zero-order valence-electron chi connectivity index (χ0n) is 8.61. The summed E-state index contributed by atoms with van der Waals surface area (Å²) in [7, 11) is 0. The Balaban J connectivity index is 2.17. The molecule has 1 saturated heterocycles. The molecule has 3 nitrogen and oxygen atoms in total. The van der Waals surface area contributed by atoms with Gasteiger partial charge in [-0.1, -0.05) is 65.1 Å². The van der Waals surface area contributed by atoms with Crippen LogP contribution in [0.25, 0.3) is 0 Å². The van der Waals surface area contributed by atoms with Gasteiger partial charge in [0.05, 0.1) is 12.5 Å². The van der Waals surface area contributed by atoms with Crippen molar-refractivity contribution >= 4 is 40.8 Å². The van der Waals surface area contributed by atoms with E-state index >= 15 is 0 Å². The number of carbonyl (C=O) groups excluding carboxylic acids is 1. The van der Waals surface area contributed by atoms with Crippen molar-refractivity contribution in [3.05, 3.63) is 35.9 Å². The van der Waals surface area contributed by atoms with Crippen LogP contribution >= 0.6 is 34.8 Å². The van der Waals surface area contributed by atoms with E-state index in [0.29, 0.717) is 0 Å². The molecule has 0 spiro atoms. The van der Waals surface area contributed by atoms with Crippen LogP contribution in [0.15, 0.2) is 30.3 Å². The van der Waals surface area contributed by atoms with Crippen LogP contribution in [-0.4, -0.2) is 16.1 Å². The highest BCUT2D eigenvalue weighted by Crippen LogP contribution is 2.39. The minimum atomic E-state index is -1.79. The topological polar surface area (TPSA) is 35.5 Å². The Morgan fingerprint density at radius 2 is 1.82 bits per heavy atom. The highest BCUT2D eigenvalue weighted by Gasteiger charge is 2.42. The van der Waals surface area contributed by atoms with Crippen LogP contribution in [0.5, 0.6) is 0 Å². The van der Waals surface area contributed by atoms with Gasteiger partial charge in [0.25, 0.3) is 10.1 Å². The van der Waals surface area contributed by atoms with Crippen LogP contribution in [0.1, 0.15) is 18.1 Å². The van der Waals surface area contributed by atoms with E-state index in [9.17, 15) is 4.79 Å².